The number of hydrogen-bond donors (Lipinski definition) is 1. The Hall–Kier alpha value is -3.02. The van der Waals surface area contributed by atoms with Crippen LogP contribution in [0, 0.1) is 5.92 Å². The van der Waals surface area contributed by atoms with Gasteiger partial charge in [0.1, 0.15) is 18.4 Å². The molecule has 30 heavy (non-hydrogen) atoms. The summed E-state index contributed by atoms with van der Waals surface area (Å²) in [7, 11) is 0. The van der Waals surface area contributed by atoms with Gasteiger partial charge in [-0.25, -0.2) is 0 Å². The molecule has 6 heteroatoms. The van der Waals surface area contributed by atoms with Crippen molar-refractivity contribution in [1.29, 1.82) is 0 Å². The molecule has 160 valence electrons. The molecule has 0 bridgehead atoms. The lowest BCUT2D eigenvalue weighted by atomic mass is 9.96. The maximum absolute atomic E-state index is 12.8. The number of rotatable bonds is 8. The Bertz CT molecular complexity index is 815. The largest absolute Gasteiger partial charge is 0.489 e. The van der Waals surface area contributed by atoms with Crippen molar-refractivity contribution >= 4 is 17.6 Å². The molecule has 3 rings (SSSR count). The minimum Gasteiger partial charge on any atom is -0.489 e. The molecule has 1 atom stereocenters. The first-order chi connectivity index (χ1) is 14.6. The van der Waals surface area contributed by atoms with E-state index in [1.807, 2.05) is 73.3 Å². The summed E-state index contributed by atoms with van der Waals surface area (Å²) in [5.74, 6) is 0.581. The maximum Gasteiger partial charge on any atom is 0.309 e. The van der Waals surface area contributed by atoms with E-state index >= 15 is 0 Å². The molecule has 1 heterocycles. The van der Waals surface area contributed by atoms with Crippen LogP contribution >= 0.6 is 0 Å². The average Bonchev–Trinajstić information content (AvgIpc) is 2.79. The number of ether oxygens (including phenoxy) is 2. The summed E-state index contributed by atoms with van der Waals surface area (Å²) in [6, 6.07) is 17.3. The third kappa shape index (κ3) is 5.99. The molecule has 0 saturated carbocycles. The topological polar surface area (TPSA) is 67.9 Å². The van der Waals surface area contributed by atoms with Crippen molar-refractivity contribution in [2.75, 3.05) is 25.0 Å². The summed E-state index contributed by atoms with van der Waals surface area (Å²) in [6.07, 6.45) is 1.31. The van der Waals surface area contributed by atoms with Crippen LogP contribution in [0.3, 0.4) is 0 Å². The van der Waals surface area contributed by atoms with E-state index in [1.165, 1.54) is 0 Å². The summed E-state index contributed by atoms with van der Waals surface area (Å²) in [5.41, 5.74) is 1.98. The predicted octanol–water partition coefficient (Wildman–Crippen LogP) is 3.87. The van der Waals surface area contributed by atoms with Crippen molar-refractivity contribution in [3.8, 4) is 5.75 Å². The number of piperidine rings is 1. The van der Waals surface area contributed by atoms with Crippen LogP contribution in [0.2, 0.25) is 0 Å². The van der Waals surface area contributed by atoms with Crippen molar-refractivity contribution in [1.82, 2.24) is 4.90 Å². The fraction of sp³-hybridized carbons (Fsp3) is 0.417. The van der Waals surface area contributed by atoms with Crippen molar-refractivity contribution in [3.05, 3.63) is 60.2 Å². The Morgan fingerprint density at radius 3 is 2.37 bits per heavy atom. The van der Waals surface area contributed by atoms with Crippen molar-refractivity contribution < 1.29 is 19.1 Å². The number of esters is 1. The highest BCUT2D eigenvalue weighted by molar-refractivity contribution is 5.84. The van der Waals surface area contributed by atoms with Gasteiger partial charge in [-0.3, -0.25) is 9.59 Å². The average molecular weight is 411 g/mol. The molecule has 0 radical (unpaired) electrons. The molecule has 1 aliphatic rings. The number of hydrogen-bond acceptors (Lipinski definition) is 5. The fourth-order valence-electron chi connectivity index (χ4n) is 3.57. The number of benzene rings is 2. The second-order valence-corrected chi connectivity index (χ2v) is 7.52. The van der Waals surface area contributed by atoms with Crippen LogP contribution < -0.4 is 10.1 Å². The Morgan fingerprint density at radius 1 is 1.07 bits per heavy atom. The number of carbonyl (C=O) groups is 2. The fourth-order valence-corrected chi connectivity index (χ4v) is 3.57. The van der Waals surface area contributed by atoms with Gasteiger partial charge >= 0.3 is 5.97 Å². The highest BCUT2D eigenvalue weighted by Crippen LogP contribution is 2.21. The molecular formula is C24H30N2O4. The smallest absolute Gasteiger partial charge is 0.309 e. The lowest BCUT2D eigenvalue weighted by Gasteiger charge is -2.33. The molecule has 1 amide bonds. The Morgan fingerprint density at radius 2 is 1.73 bits per heavy atom. The van der Waals surface area contributed by atoms with Crippen LogP contribution in [-0.4, -0.2) is 42.5 Å². The summed E-state index contributed by atoms with van der Waals surface area (Å²) in [6.45, 7) is 5.76. The van der Waals surface area contributed by atoms with Gasteiger partial charge < -0.3 is 19.7 Å². The summed E-state index contributed by atoms with van der Waals surface area (Å²) < 4.78 is 10.9. The van der Waals surface area contributed by atoms with E-state index in [0.717, 1.165) is 17.0 Å². The third-order valence-corrected chi connectivity index (χ3v) is 5.28. The van der Waals surface area contributed by atoms with Gasteiger partial charge in [-0.15, -0.1) is 0 Å². The van der Waals surface area contributed by atoms with Gasteiger partial charge in [0.05, 0.1) is 12.5 Å². The molecule has 1 fully saturated rings. The maximum atomic E-state index is 12.8. The Kier molecular flexibility index (Phi) is 7.71. The molecule has 0 spiro atoms. The van der Waals surface area contributed by atoms with Crippen LogP contribution in [0.25, 0.3) is 0 Å². The van der Waals surface area contributed by atoms with E-state index in [0.29, 0.717) is 39.1 Å². The second kappa shape index (κ2) is 10.7. The zero-order valence-corrected chi connectivity index (χ0v) is 17.7. The lowest BCUT2D eigenvalue weighted by Crippen LogP contribution is -2.46. The summed E-state index contributed by atoms with van der Waals surface area (Å²) in [5, 5.41) is 3.26. The minimum atomic E-state index is -0.347. The summed E-state index contributed by atoms with van der Waals surface area (Å²) >= 11 is 0. The van der Waals surface area contributed by atoms with Gasteiger partial charge in [0, 0.05) is 18.8 Å². The first-order valence-electron chi connectivity index (χ1n) is 10.6. The van der Waals surface area contributed by atoms with E-state index in [4.69, 9.17) is 9.47 Å². The van der Waals surface area contributed by atoms with Gasteiger partial charge in [0.25, 0.3) is 0 Å². The molecule has 1 saturated heterocycles. The van der Waals surface area contributed by atoms with E-state index < -0.39 is 0 Å². The highest BCUT2D eigenvalue weighted by atomic mass is 16.5. The number of amides is 1. The monoisotopic (exact) mass is 410 g/mol. The SMILES string of the molecule is CCOC(=O)C1CCN(C(=O)[C@H](C)Nc2ccc(OCc3ccccc3)cc2)CC1. The molecule has 0 aliphatic carbocycles. The van der Waals surface area contributed by atoms with Gasteiger partial charge in [-0.1, -0.05) is 30.3 Å². The van der Waals surface area contributed by atoms with Gasteiger partial charge in [-0.2, -0.15) is 0 Å². The number of carbonyl (C=O) groups excluding carboxylic acids is 2. The predicted molar refractivity (Wildman–Crippen MR) is 116 cm³/mol. The third-order valence-electron chi connectivity index (χ3n) is 5.28. The quantitative estimate of drug-likeness (QED) is 0.669. The molecule has 2 aromatic carbocycles. The van der Waals surface area contributed by atoms with Gasteiger partial charge in [-0.05, 0) is 56.5 Å². The van der Waals surface area contributed by atoms with Crippen molar-refractivity contribution in [3.63, 3.8) is 0 Å². The van der Waals surface area contributed by atoms with Crippen LogP contribution in [0.5, 0.6) is 5.75 Å². The number of nitrogens with zero attached hydrogens (tertiary/aromatic N) is 1. The van der Waals surface area contributed by atoms with Crippen LogP contribution in [0.4, 0.5) is 5.69 Å². The molecule has 0 unspecified atom stereocenters. The first kappa shape index (κ1) is 21.7. The normalized spacial score (nSPS) is 15.3. The molecular weight excluding hydrogens is 380 g/mol. The number of anilines is 1. The van der Waals surface area contributed by atoms with Crippen LogP contribution in [0.15, 0.2) is 54.6 Å². The number of likely N-dealkylation sites (tertiary alicyclic amines) is 1. The molecule has 1 N–H and O–H groups in total. The highest BCUT2D eigenvalue weighted by Gasteiger charge is 2.30. The van der Waals surface area contributed by atoms with Crippen molar-refractivity contribution in [2.24, 2.45) is 5.92 Å². The van der Waals surface area contributed by atoms with E-state index in [9.17, 15) is 9.59 Å². The number of nitrogens with one attached hydrogen (secondary N) is 1. The summed E-state index contributed by atoms with van der Waals surface area (Å²) in [4.78, 5) is 26.4. The lowest BCUT2D eigenvalue weighted by molar-refractivity contribution is -0.151. The van der Waals surface area contributed by atoms with Gasteiger partial charge in [0.15, 0.2) is 0 Å². The first-order valence-corrected chi connectivity index (χ1v) is 10.6. The molecule has 6 nitrogen and oxygen atoms in total. The molecule has 2 aromatic rings. The standard InChI is InChI=1S/C24H30N2O4/c1-3-29-24(28)20-13-15-26(16-14-20)23(27)18(2)25-21-9-11-22(12-10-21)30-17-19-7-5-4-6-8-19/h4-12,18,20,25H,3,13-17H2,1-2H3/t18-/m0/s1. The Balaban J connectivity index is 1.45. The van der Waals surface area contributed by atoms with E-state index in [-0.39, 0.29) is 23.8 Å². The van der Waals surface area contributed by atoms with E-state index in [2.05, 4.69) is 5.32 Å². The second-order valence-electron chi connectivity index (χ2n) is 7.52. The van der Waals surface area contributed by atoms with Gasteiger partial charge in [0.2, 0.25) is 5.91 Å². The van der Waals surface area contributed by atoms with E-state index in [1.54, 1.807) is 0 Å². The zero-order valence-electron chi connectivity index (χ0n) is 17.7. The van der Waals surface area contributed by atoms with Crippen LogP contribution in [0.1, 0.15) is 32.3 Å². The molecule has 1 aliphatic heterocycles. The zero-order chi connectivity index (χ0) is 21.3. The molecule has 0 aromatic heterocycles. The van der Waals surface area contributed by atoms with Crippen molar-refractivity contribution in [2.45, 2.75) is 39.3 Å². The van der Waals surface area contributed by atoms with Crippen LogP contribution in [-0.2, 0) is 20.9 Å². The minimum absolute atomic E-state index is 0.0433. The Labute approximate surface area is 178 Å².